The molecule has 0 spiro atoms. The molecule has 1 fully saturated rings. The van der Waals surface area contributed by atoms with E-state index in [9.17, 15) is 4.79 Å². The zero-order valence-corrected chi connectivity index (χ0v) is 14.5. The lowest BCUT2D eigenvalue weighted by Gasteiger charge is -2.21. The number of halogens is 1. The van der Waals surface area contributed by atoms with Crippen molar-refractivity contribution in [3.8, 4) is 5.75 Å². The first kappa shape index (κ1) is 16.7. The molecular formula is C19H21ClN2O2. The van der Waals surface area contributed by atoms with Crippen LogP contribution in [0.15, 0.2) is 42.5 Å². The molecule has 24 heavy (non-hydrogen) atoms. The Labute approximate surface area is 147 Å². The fraction of sp³-hybridized carbons (Fsp3) is 0.316. The number of anilines is 2. The molecule has 1 aliphatic rings. The van der Waals surface area contributed by atoms with Crippen molar-refractivity contribution in [3.63, 3.8) is 0 Å². The number of carbonyl (C=O) groups excluding carboxylic acids is 1. The van der Waals surface area contributed by atoms with E-state index in [1.54, 1.807) is 18.2 Å². The van der Waals surface area contributed by atoms with Crippen molar-refractivity contribution in [1.82, 2.24) is 0 Å². The van der Waals surface area contributed by atoms with Gasteiger partial charge in [0.1, 0.15) is 5.75 Å². The van der Waals surface area contributed by atoms with E-state index in [1.807, 2.05) is 31.2 Å². The minimum absolute atomic E-state index is 0.174. The number of hydrogen-bond acceptors (Lipinski definition) is 3. The number of benzene rings is 2. The highest BCUT2D eigenvalue weighted by Crippen LogP contribution is 2.30. The smallest absolute Gasteiger partial charge is 0.255 e. The van der Waals surface area contributed by atoms with Gasteiger partial charge in [0.15, 0.2) is 0 Å². The second kappa shape index (κ2) is 7.58. The molecule has 0 atom stereocenters. The summed E-state index contributed by atoms with van der Waals surface area (Å²) in [5, 5.41) is 3.44. The molecule has 0 saturated carbocycles. The number of amides is 1. The molecule has 0 aliphatic carbocycles. The van der Waals surface area contributed by atoms with Gasteiger partial charge in [0.2, 0.25) is 0 Å². The van der Waals surface area contributed by atoms with Crippen LogP contribution in [0.1, 0.15) is 30.1 Å². The Morgan fingerprint density at radius 3 is 2.67 bits per heavy atom. The van der Waals surface area contributed by atoms with Gasteiger partial charge < -0.3 is 15.0 Å². The minimum atomic E-state index is -0.174. The van der Waals surface area contributed by atoms with E-state index < -0.39 is 0 Å². The summed E-state index contributed by atoms with van der Waals surface area (Å²) in [6.45, 7) is 4.49. The van der Waals surface area contributed by atoms with E-state index in [0.29, 0.717) is 22.9 Å². The first-order valence-electron chi connectivity index (χ1n) is 8.26. The predicted molar refractivity (Wildman–Crippen MR) is 98.5 cm³/mol. The summed E-state index contributed by atoms with van der Waals surface area (Å²) in [5.41, 5.74) is 2.41. The molecule has 0 aromatic heterocycles. The summed E-state index contributed by atoms with van der Waals surface area (Å²) in [6.07, 6.45) is 2.38. The van der Waals surface area contributed by atoms with E-state index in [4.69, 9.17) is 16.3 Å². The van der Waals surface area contributed by atoms with Crippen molar-refractivity contribution in [3.05, 3.63) is 53.1 Å². The van der Waals surface area contributed by atoms with E-state index in [1.165, 1.54) is 12.8 Å². The molecule has 5 heteroatoms. The van der Waals surface area contributed by atoms with Crippen LogP contribution in [0.25, 0.3) is 0 Å². The van der Waals surface area contributed by atoms with E-state index in [-0.39, 0.29) is 5.91 Å². The number of rotatable bonds is 5. The number of carbonyl (C=O) groups is 1. The number of hydrogen-bond donors (Lipinski definition) is 1. The van der Waals surface area contributed by atoms with Crippen LogP contribution in [0, 0.1) is 0 Å². The number of ether oxygens (including phenoxy) is 1. The summed E-state index contributed by atoms with van der Waals surface area (Å²) in [7, 11) is 0. The first-order valence-corrected chi connectivity index (χ1v) is 8.64. The largest absolute Gasteiger partial charge is 0.492 e. The first-order chi connectivity index (χ1) is 11.7. The summed E-state index contributed by atoms with van der Waals surface area (Å²) in [4.78, 5) is 14.9. The summed E-state index contributed by atoms with van der Waals surface area (Å²) >= 11 is 6.18. The van der Waals surface area contributed by atoms with Crippen LogP contribution in [-0.4, -0.2) is 25.6 Å². The van der Waals surface area contributed by atoms with Gasteiger partial charge in [-0.2, -0.15) is 0 Å². The quantitative estimate of drug-likeness (QED) is 0.862. The van der Waals surface area contributed by atoms with Crippen LogP contribution in [0.4, 0.5) is 11.4 Å². The average molecular weight is 345 g/mol. The third kappa shape index (κ3) is 3.65. The Balaban J connectivity index is 1.79. The number of para-hydroxylation sites is 2. The monoisotopic (exact) mass is 344 g/mol. The molecule has 2 aromatic rings. The van der Waals surface area contributed by atoms with Gasteiger partial charge >= 0.3 is 0 Å². The molecule has 0 bridgehead atoms. The summed E-state index contributed by atoms with van der Waals surface area (Å²) in [5.74, 6) is 0.416. The van der Waals surface area contributed by atoms with Crippen molar-refractivity contribution >= 4 is 28.9 Å². The minimum Gasteiger partial charge on any atom is -0.492 e. The van der Waals surface area contributed by atoms with E-state index in [0.717, 1.165) is 24.5 Å². The van der Waals surface area contributed by atoms with Crippen molar-refractivity contribution in [1.29, 1.82) is 0 Å². The molecule has 0 radical (unpaired) electrons. The predicted octanol–water partition coefficient (Wildman–Crippen LogP) is 4.59. The lowest BCUT2D eigenvalue weighted by Crippen LogP contribution is -2.21. The topological polar surface area (TPSA) is 41.6 Å². The fourth-order valence-corrected chi connectivity index (χ4v) is 3.16. The zero-order valence-electron chi connectivity index (χ0n) is 13.7. The van der Waals surface area contributed by atoms with Crippen LogP contribution in [0.5, 0.6) is 5.75 Å². The maximum Gasteiger partial charge on any atom is 0.255 e. The Morgan fingerprint density at radius 2 is 1.96 bits per heavy atom. The number of nitrogens with zero attached hydrogens (tertiary/aromatic N) is 1. The van der Waals surface area contributed by atoms with Crippen LogP contribution < -0.4 is 15.0 Å². The van der Waals surface area contributed by atoms with Crippen molar-refractivity contribution in [2.75, 3.05) is 29.9 Å². The SMILES string of the molecule is CCOc1ccc(C(=O)Nc2ccccc2N2CCCC2)cc1Cl. The molecule has 3 rings (SSSR count). The van der Waals surface area contributed by atoms with Crippen LogP contribution in [0.3, 0.4) is 0 Å². The Bertz CT molecular complexity index is 727. The van der Waals surface area contributed by atoms with Crippen molar-refractivity contribution < 1.29 is 9.53 Å². The maximum absolute atomic E-state index is 12.6. The third-order valence-corrected chi connectivity index (χ3v) is 4.39. The highest BCUT2D eigenvalue weighted by molar-refractivity contribution is 6.32. The van der Waals surface area contributed by atoms with Crippen molar-refractivity contribution in [2.24, 2.45) is 0 Å². The van der Waals surface area contributed by atoms with Crippen molar-refractivity contribution in [2.45, 2.75) is 19.8 Å². The number of nitrogens with one attached hydrogen (secondary N) is 1. The molecule has 126 valence electrons. The highest BCUT2D eigenvalue weighted by Gasteiger charge is 2.17. The lowest BCUT2D eigenvalue weighted by molar-refractivity contribution is 0.102. The molecule has 1 aliphatic heterocycles. The van der Waals surface area contributed by atoms with Crippen LogP contribution in [-0.2, 0) is 0 Å². The zero-order chi connectivity index (χ0) is 16.9. The van der Waals surface area contributed by atoms with Crippen LogP contribution >= 0.6 is 11.6 Å². The second-order valence-corrected chi connectivity index (χ2v) is 6.15. The fourth-order valence-electron chi connectivity index (χ4n) is 2.92. The molecular weight excluding hydrogens is 324 g/mol. The standard InChI is InChI=1S/C19H21ClN2O2/c1-2-24-18-10-9-14(13-15(18)20)19(23)21-16-7-3-4-8-17(16)22-11-5-6-12-22/h3-4,7-10,13H,2,5-6,11-12H2,1H3,(H,21,23). The van der Waals surface area contributed by atoms with Gasteiger partial charge in [-0.1, -0.05) is 23.7 Å². The van der Waals surface area contributed by atoms with Gasteiger partial charge in [0, 0.05) is 18.7 Å². The van der Waals surface area contributed by atoms with Gasteiger partial charge in [0.05, 0.1) is 23.0 Å². The average Bonchev–Trinajstić information content (AvgIpc) is 3.11. The van der Waals surface area contributed by atoms with Gasteiger partial charge in [-0.3, -0.25) is 4.79 Å². The molecule has 0 unspecified atom stereocenters. The molecule has 4 nitrogen and oxygen atoms in total. The maximum atomic E-state index is 12.6. The lowest BCUT2D eigenvalue weighted by atomic mass is 10.2. The third-order valence-electron chi connectivity index (χ3n) is 4.09. The Hall–Kier alpha value is -2.20. The molecule has 1 saturated heterocycles. The van der Waals surface area contributed by atoms with Gasteiger partial charge in [0.25, 0.3) is 5.91 Å². The van der Waals surface area contributed by atoms with E-state index in [2.05, 4.69) is 10.2 Å². The normalized spacial score (nSPS) is 13.8. The van der Waals surface area contributed by atoms with Gasteiger partial charge in [-0.15, -0.1) is 0 Å². The molecule has 2 aromatic carbocycles. The van der Waals surface area contributed by atoms with Crippen LogP contribution in [0.2, 0.25) is 5.02 Å². The molecule has 1 N–H and O–H groups in total. The highest BCUT2D eigenvalue weighted by atomic mass is 35.5. The second-order valence-electron chi connectivity index (χ2n) is 5.74. The van der Waals surface area contributed by atoms with Gasteiger partial charge in [-0.25, -0.2) is 0 Å². The summed E-state index contributed by atoms with van der Waals surface area (Å²) < 4.78 is 5.41. The summed E-state index contributed by atoms with van der Waals surface area (Å²) in [6, 6.07) is 13.0. The Kier molecular flexibility index (Phi) is 5.26. The Morgan fingerprint density at radius 1 is 1.21 bits per heavy atom. The van der Waals surface area contributed by atoms with Gasteiger partial charge in [-0.05, 0) is 50.1 Å². The molecule has 1 heterocycles. The molecule has 1 amide bonds. The van der Waals surface area contributed by atoms with E-state index >= 15 is 0 Å².